The van der Waals surface area contributed by atoms with E-state index in [-0.39, 0.29) is 0 Å². The average molecular weight is 207 g/mol. The molecule has 0 aliphatic carbocycles. The van der Waals surface area contributed by atoms with Crippen molar-refractivity contribution >= 4 is 22.5 Å². The largest absolute Gasteiger partial charge is 0.259 e. The van der Waals surface area contributed by atoms with E-state index in [2.05, 4.69) is 23.0 Å². The fourth-order valence-electron chi connectivity index (χ4n) is 1.44. The standard InChI is InChI=1S/C11H11ClN2/c1-3-8-4-9-7(2)10(12)5-14-11(9)6-13-8/h4-6H,3H2,1-2H3. The van der Waals surface area contributed by atoms with Crippen molar-refractivity contribution in [2.75, 3.05) is 0 Å². The van der Waals surface area contributed by atoms with Crippen molar-refractivity contribution in [1.29, 1.82) is 0 Å². The smallest absolute Gasteiger partial charge is 0.0889 e. The van der Waals surface area contributed by atoms with Gasteiger partial charge < -0.3 is 0 Å². The quantitative estimate of drug-likeness (QED) is 0.717. The molecule has 0 saturated carbocycles. The molecule has 72 valence electrons. The van der Waals surface area contributed by atoms with E-state index in [4.69, 9.17) is 11.6 Å². The Labute approximate surface area is 88.0 Å². The Morgan fingerprint density at radius 1 is 1.29 bits per heavy atom. The summed E-state index contributed by atoms with van der Waals surface area (Å²) in [5.74, 6) is 0. The van der Waals surface area contributed by atoms with Crippen LogP contribution in [0.2, 0.25) is 5.02 Å². The first-order chi connectivity index (χ1) is 6.72. The maximum Gasteiger partial charge on any atom is 0.0889 e. The van der Waals surface area contributed by atoms with Crippen molar-refractivity contribution in [3.8, 4) is 0 Å². The number of hydrogen-bond acceptors (Lipinski definition) is 2. The van der Waals surface area contributed by atoms with Crippen LogP contribution in [-0.2, 0) is 6.42 Å². The molecule has 0 spiro atoms. The Bertz CT molecular complexity index is 480. The normalized spacial score (nSPS) is 10.8. The highest BCUT2D eigenvalue weighted by Gasteiger charge is 2.03. The molecule has 0 aromatic carbocycles. The minimum absolute atomic E-state index is 0.714. The number of rotatable bonds is 1. The molecule has 2 rings (SSSR count). The minimum atomic E-state index is 0.714. The van der Waals surface area contributed by atoms with Crippen molar-refractivity contribution in [3.63, 3.8) is 0 Å². The summed E-state index contributed by atoms with van der Waals surface area (Å²) in [5, 5.41) is 1.81. The van der Waals surface area contributed by atoms with Crippen LogP contribution in [0, 0.1) is 6.92 Å². The monoisotopic (exact) mass is 206 g/mol. The van der Waals surface area contributed by atoms with Gasteiger partial charge in [0.05, 0.1) is 16.7 Å². The highest BCUT2D eigenvalue weighted by atomic mass is 35.5. The lowest BCUT2D eigenvalue weighted by Crippen LogP contribution is -1.90. The van der Waals surface area contributed by atoms with E-state index in [1.807, 2.05) is 6.92 Å². The fourth-order valence-corrected chi connectivity index (χ4v) is 1.59. The number of hydrogen-bond donors (Lipinski definition) is 0. The van der Waals surface area contributed by atoms with Gasteiger partial charge in [-0.1, -0.05) is 18.5 Å². The van der Waals surface area contributed by atoms with Gasteiger partial charge in [0.15, 0.2) is 0 Å². The Hall–Kier alpha value is -1.15. The van der Waals surface area contributed by atoms with Gasteiger partial charge in [-0.15, -0.1) is 0 Å². The highest BCUT2D eigenvalue weighted by molar-refractivity contribution is 6.32. The Morgan fingerprint density at radius 2 is 2.07 bits per heavy atom. The topological polar surface area (TPSA) is 25.8 Å². The lowest BCUT2D eigenvalue weighted by Gasteiger charge is -2.04. The third-order valence-corrected chi connectivity index (χ3v) is 2.76. The van der Waals surface area contributed by atoms with Crippen LogP contribution in [0.3, 0.4) is 0 Å². The molecule has 0 N–H and O–H groups in total. The Morgan fingerprint density at radius 3 is 2.79 bits per heavy atom. The number of nitrogens with zero attached hydrogens (tertiary/aromatic N) is 2. The summed E-state index contributed by atoms with van der Waals surface area (Å²) in [6.07, 6.45) is 4.41. The van der Waals surface area contributed by atoms with Gasteiger partial charge in [0.25, 0.3) is 0 Å². The zero-order valence-electron chi connectivity index (χ0n) is 8.21. The maximum atomic E-state index is 6.00. The van der Waals surface area contributed by atoms with E-state index in [0.29, 0.717) is 5.02 Å². The van der Waals surface area contributed by atoms with Gasteiger partial charge in [-0.2, -0.15) is 0 Å². The van der Waals surface area contributed by atoms with E-state index in [1.54, 1.807) is 12.4 Å². The molecule has 2 aromatic rings. The first-order valence-electron chi connectivity index (χ1n) is 4.62. The molecule has 0 fully saturated rings. The second-order valence-electron chi connectivity index (χ2n) is 3.28. The second-order valence-corrected chi connectivity index (χ2v) is 3.68. The average Bonchev–Trinajstić information content (AvgIpc) is 2.23. The van der Waals surface area contributed by atoms with E-state index < -0.39 is 0 Å². The number of aryl methyl sites for hydroxylation is 2. The molecule has 2 heterocycles. The van der Waals surface area contributed by atoms with E-state index in [9.17, 15) is 0 Å². The molecule has 3 heteroatoms. The number of fused-ring (bicyclic) bond motifs is 1. The Balaban J connectivity index is 2.78. The van der Waals surface area contributed by atoms with Crippen LogP contribution in [0.25, 0.3) is 10.9 Å². The molecule has 2 nitrogen and oxygen atoms in total. The summed E-state index contributed by atoms with van der Waals surface area (Å²) in [5.41, 5.74) is 3.06. The molecular formula is C11H11ClN2. The van der Waals surface area contributed by atoms with Gasteiger partial charge in [-0.25, -0.2) is 0 Å². The predicted molar refractivity (Wildman–Crippen MR) is 58.7 cm³/mol. The molecule has 0 bridgehead atoms. The molecule has 0 aliphatic rings. The van der Waals surface area contributed by atoms with Crippen molar-refractivity contribution in [3.05, 3.63) is 34.7 Å². The van der Waals surface area contributed by atoms with Crippen LogP contribution in [-0.4, -0.2) is 9.97 Å². The molecule has 0 unspecified atom stereocenters. The lowest BCUT2D eigenvalue weighted by atomic mass is 10.1. The van der Waals surface area contributed by atoms with Crippen molar-refractivity contribution in [1.82, 2.24) is 9.97 Å². The van der Waals surface area contributed by atoms with Gasteiger partial charge in [0.1, 0.15) is 0 Å². The van der Waals surface area contributed by atoms with Gasteiger partial charge in [-0.05, 0) is 25.0 Å². The van der Waals surface area contributed by atoms with E-state index >= 15 is 0 Å². The summed E-state index contributed by atoms with van der Waals surface area (Å²) in [4.78, 5) is 8.51. The third kappa shape index (κ3) is 1.46. The van der Waals surface area contributed by atoms with Crippen molar-refractivity contribution in [2.24, 2.45) is 0 Å². The zero-order chi connectivity index (χ0) is 10.1. The van der Waals surface area contributed by atoms with Crippen molar-refractivity contribution < 1.29 is 0 Å². The van der Waals surface area contributed by atoms with Crippen LogP contribution >= 0.6 is 11.6 Å². The van der Waals surface area contributed by atoms with Crippen LogP contribution in [0.15, 0.2) is 18.5 Å². The SMILES string of the molecule is CCc1cc2c(C)c(Cl)cnc2cn1. The molecule has 0 radical (unpaired) electrons. The van der Waals surface area contributed by atoms with E-state index in [1.165, 1.54) is 0 Å². The third-order valence-electron chi connectivity index (χ3n) is 2.38. The second kappa shape index (κ2) is 3.54. The predicted octanol–water partition coefficient (Wildman–Crippen LogP) is 3.15. The van der Waals surface area contributed by atoms with Crippen LogP contribution in [0.5, 0.6) is 0 Å². The first-order valence-corrected chi connectivity index (χ1v) is 5.00. The molecule has 0 atom stereocenters. The molecule has 0 amide bonds. The summed E-state index contributed by atoms with van der Waals surface area (Å²) in [6.45, 7) is 4.09. The molecule has 0 aliphatic heterocycles. The van der Waals surface area contributed by atoms with Crippen LogP contribution in [0.1, 0.15) is 18.2 Å². The highest BCUT2D eigenvalue weighted by Crippen LogP contribution is 2.23. The maximum absolute atomic E-state index is 6.00. The summed E-state index contributed by atoms with van der Waals surface area (Å²) < 4.78 is 0. The van der Waals surface area contributed by atoms with Gasteiger partial charge in [-0.3, -0.25) is 9.97 Å². The minimum Gasteiger partial charge on any atom is -0.259 e. The van der Waals surface area contributed by atoms with Gasteiger partial charge in [0.2, 0.25) is 0 Å². The number of aromatic nitrogens is 2. The molecule has 0 saturated heterocycles. The summed E-state index contributed by atoms with van der Waals surface area (Å²) in [7, 11) is 0. The van der Waals surface area contributed by atoms with Crippen LogP contribution in [0.4, 0.5) is 0 Å². The molecule has 2 aromatic heterocycles. The van der Waals surface area contributed by atoms with Gasteiger partial charge >= 0.3 is 0 Å². The summed E-state index contributed by atoms with van der Waals surface area (Å²) in [6, 6.07) is 2.06. The molecular weight excluding hydrogens is 196 g/mol. The molecule has 14 heavy (non-hydrogen) atoms. The summed E-state index contributed by atoms with van der Waals surface area (Å²) >= 11 is 6.00. The number of pyridine rings is 2. The first kappa shape index (κ1) is 9.41. The fraction of sp³-hybridized carbons (Fsp3) is 0.273. The van der Waals surface area contributed by atoms with Gasteiger partial charge in [0, 0.05) is 17.3 Å². The number of halogens is 1. The lowest BCUT2D eigenvalue weighted by molar-refractivity contribution is 1.04. The van der Waals surface area contributed by atoms with Crippen molar-refractivity contribution in [2.45, 2.75) is 20.3 Å². The van der Waals surface area contributed by atoms with E-state index in [0.717, 1.165) is 28.6 Å². The van der Waals surface area contributed by atoms with Crippen LogP contribution < -0.4 is 0 Å². The Kier molecular flexibility index (Phi) is 2.38. The zero-order valence-corrected chi connectivity index (χ0v) is 8.97.